The van der Waals surface area contributed by atoms with Gasteiger partial charge in [-0.15, -0.1) is 0 Å². The van der Waals surface area contributed by atoms with Gasteiger partial charge in [0.05, 0.1) is 4.92 Å². The molecule has 0 saturated heterocycles. The smallest absolute Gasteiger partial charge is 0.272 e. The summed E-state index contributed by atoms with van der Waals surface area (Å²) in [5.41, 5.74) is 2.35. The molecule has 0 aromatic heterocycles. The molecule has 0 saturated carbocycles. The van der Waals surface area contributed by atoms with E-state index in [1.165, 1.54) is 0 Å². The van der Waals surface area contributed by atoms with Crippen LogP contribution in [0.15, 0.2) is 36.4 Å². The summed E-state index contributed by atoms with van der Waals surface area (Å²) in [4.78, 5) is 10.6. The summed E-state index contributed by atoms with van der Waals surface area (Å²) in [6.45, 7) is 3.64. The van der Waals surface area contributed by atoms with Crippen molar-refractivity contribution in [1.82, 2.24) is 0 Å². The summed E-state index contributed by atoms with van der Waals surface area (Å²) in [5, 5.41) is 15.3. The van der Waals surface area contributed by atoms with E-state index in [2.05, 4.69) is 5.32 Å². The molecule has 0 heterocycles. The van der Waals surface area contributed by atoms with Gasteiger partial charge in [0.1, 0.15) is 0 Å². The predicted octanol–water partition coefficient (Wildman–Crippen LogP) is 5.38. The molecular formula is C15H14Cl2N2O2. The third kappa shape index (κ3) is 3.86. The number of aryl methyl sites for hydroxylation is 1. The standard InChI is InChI=1S/C15H14Cl2N2O2/c1-9-3-4-11(5-15(9)19(20)21)10(2)18-14-7-12(16)6-13(17)8-14/h3-8,10,18H,1-2H3. The third-order valence-electron chi connectivity index (χ3n) is 3.18. The molecule has 0 spiro atoms. The number of nitrogens with one attached hydrogen (secondary N) is 1. The SMILES string of the molecule is Cc1ccc(C(C)Nc2cc(Cl)cc(Cl)c2)cc1[N+](=O)[O-]. The number of hydrogen-bond acceptors (Lipinski definition) is 3. The Hall–Kier alpha value is -1.78. The van der Waals surface area contributed by atoms with Crippen molar-refractivity contribution in [2.45, 2.75) is 19.9 Å². The highest BCUT2D eigenvalue weighted by atomic mass is 35.5. The first kappa shape index (κ1) is 15.6. The Bertz CT molecular complexity index is 669. The van der Waals surface area contributed by atoms with E-state index in [0.29, 0.717) is 15.6 Å². The van der Waals surface area contributed by atoms with Crippen LogP contribution in [-0.4, -0.2) is 4.92 Å². The minimum absolute atomic E-state index is 0.112. The van der Waals surface area contributed by atoms with Gasteiger partial charge in [-0.05, 0) is 37.6 Å². The first-order chi connectivity index (χ1) is 9.86. The molecule has 2 aromatic rings. The lowest BCUT2D eigenvalue weighted by Crippen LogP contribution is -2.07. The van der Waals surface area contributed by atoms with Gasteiger partial charge in [-0.3, -0.25) is 10.1 Å². The van der Waals surface area contributed by atoms with E-state index in [1.54, 1.807) is 37.3 Å². The molecule has 4 nitrogen and oxygen atoms in total. The Morgan fingerprint density at radius 2 is 1.76 bits per heavy atom. The zero-order valence-electron chi connectivity index (χ0n) is 11.6. The highest BCUT2D eigenvalue weighted by Gasteiger charge is 2.14. The molecule has 0 amide bonds. The van der Waals surface area contributed by atoms with Crippen molar-refractivity contribution in [1.29, 1.82) is 0 Å². The van der Waals surface area contributed by atoms with Crippen LogP contribution in [0.4, 0.5) is 11.4 Å². The maximum absolute atomic E-state index is 11.0. The second kappa shape index (κ2) is 6.33. The average molecular weight is 325 g/mol. The number of anilines is 1. The maximum atomic E-state index is 11.0. The van der Waals surface area contributed by atoms with E-state index in [-0.39, 0.29) is 16.7 Å². The summed E-state index contributed by atoms with van der Waals surface area (Å²) < 4.78 is 0. The van der Waals surface area contributed by atoms with E-state index in [4.69, 9.17) is 23.2 Å². The molecule has 2 aromatic carbocycles. The first-order valence-electron chi connectivity index (χ1n) is 6.34. The minimum atomic E-state index is -0.373. The van der Waals surface area contributed by atoms with Crippen molar-refractivity contribution in [3.8, 4) is 0 Å². The number of nitrogens with zero attached hydrogens (tertiary/aromatic N) is 1. The Labute approximate surface area is 132 Å². The van der Waals surface area contributed by atoms with Crippen molar-refractivity contribution in [3.05, 3.63) is 67.7 Å². The molecule has 0 bridgehead atoms. The van der Waals surface area contributed by atoms with Crippen LogP contribution < -0.4 is 5.32 Å². The average Bonchev–Trinajstić information content (AvgIpc) is 2.37. The maximum Gasteiger partial charge on any atom is 0.272 e. The number of benzene rings is 2. The third-order valence-corrected chi connectivity index (χ3v) is 3.61. The van der Waals surface area contributed by atoms with Crippen molar-refractivity contribution >= 4 is 34.6 Å². The van der Waals surface area contributed by atoms with Crippen molar-refractivity contribution in [2.75, 3.05) is 5.32 Å². The van der Waals surface area contributed by atoms with Crippen molar-refractivity contribution in [2.24, 2.45) is 0 Å². The van der Waals surface area contributed by atoms with Gasteiger partial charge in [0, 0.05) is 33.4 Å². The Kier molecular flexibility index (Phi) is 4.70. The van der Waals surface area contributed by atoms with Crippen LogP contribution in [0.25, 0.3) is 0 Å². The lowest BCUT2D eigenvalue weighted by Gasteiger charge is -2.16. The van der Waals surface area contributed by atoms with Crippen LogP contribution in [0.5, 0.6) is 0 Å². The summed E-state index contributed by atoms with van der Waals surface area (Å²) in [6, 6.07) is 10.2. The van der Waals surface area contributed by atoms with Gasteiger partial charge in [0.15, 0.2) is 0 Å². The van der Waals surface area contributed by atoms with Crippen molar-refractivity contribution < 1.29 is 4.92 Å². The molecule has 1 unspecified atom stereocenters. The molecular weight excluding hydrogens is 311 g/mol. The second-order valence-electron chi connectivity index (χ2n) is 4.83. The van der Waals surface area contributed by atoms with E-state index < -0.39 is 0 Å². The summed E-state index contributed by atoms with van der Waals surface area (Å²) in [7, 11) is 0. The van der Waals surface area contributed by atoms with Gasteiger partial charge in [0.2, 0.25) is 0 Å². The van der Waals surface area contributed by atoms with Gasteiger partial charge in [-0.1, -0.05) is 35.3 Å². The zero-order chi connectivity index (χ0) is 15.6. The Morgan fingerprint density at radius 1 is 1.14 bits per heavy atom. The van der Waals surface area contributed by atoms with Crippen LogP contribution in [0.2, 0.25) is 10.0 Å². The van der Waals surface area contributed by atoms with Crippen LogP contribution in [0, 0.1) is 17.0 Å². The summed E-state index contributed by atoms with van der Waals surface area (Å²) >= 11 is 11.9. The quantitative estimate of drug-likeness (QED) is 0.606. The van der Waals surface area contributed by atoms with Crippen LogP contribution in [0.1, 0.15) is 24.1 Å². The molecule has 0 aliphatic rings. The van der Waals surface area contributed by atoms with Gasteiger partial charge in [-0.25, -0.2) is 0 Å². The van der Waals surface area contributed by atoms with Crippen LogP contribution >= 0.6 is 23.2 Å². The highest BCUT2D eigenvalue weighted by Crippen LogP contribution is 2.28. The van der Waals surface area contributed by atoms with E-state index >= 15 is 0 Å². The molecule has 0 aliphatic carbocycles. The largest absolute Gasteiger partial charge is 0.378 e. The molecule has 110 valence electrons. The zero-order valence-corrected chi connectivity index (χ0v) is 13.1. The Balaban J connectivity index is 2.26. The molecule has 6 heteroatoms. The molecule has 2 rings (SSSR count). The van der Waals surface area contributed by atoms with Crippen molar-refractivity contribution in [3.63, 3.8) is 0 Å². The van der Waals surface area contributed by atoms with Gasteiger partial charge in [-0.2, -0.15) is 0 Å². The summed E-state index contributed by atoms with van der Waals surface area (Å²) in [5.74, 6) is 0. The van der Waals surface area contributed by atoms with Gasteiger partial charge >= 0.3 is 0 Å². The second-order valence-corrected chi connectivity index (χ2v) is 5.70. The number of hydrogen-bond donors (Lipinski definition) is 1. The van der Waals surface area contributed by atoms with Gasteiger partial charge < -0.3 is 5.32 Å². The highest BCUT2D eigenvalue weighted by molar-refractivity contribution is 6.35. The predicted molar refractivity (Wildman–Crippen MR) is 86.3 cm³/mol. The molecule has 0 aliphatic heterocycles. The van der Waals surface area contributed by atoms with E-state index in [9.17, 15) is 10.1 Å². The molecule has 21 heavy (non-hydrogen) atoms. The number of nitro groups is 1. The van der Waals surface area contributed by atoms with E-state index in [0.717, 1.165) is 11.3 Å². The monoisotopic (exact) mass is 324 g/mol. The van der Waals surface area contributed by atoms with E-state index in [1.807, 2.05) is 13.0 Å². The number of rotatable bonds is 4. The number of halogens is 2. The molecule has 1 atom stereocenters. The molecule has 1 N–H and O–H groups in total. The first-order valence-corrected chi connectivity index (χ1v) is 7.10. The fourth-order valence-corrected chi connectivity index (χ4v) is 2.59. The van der Waals surface area contributed by atoms with Gasteiger partial charge in [0.25, 0.3) is 5.69 Å². The lowest BCUT2D eigenvalue weighted by atomic mass is 10.0. The van der Waals surface area contributed by atoms with Crippen LogP contribution in [-0.2, 0) is 0 Å². The topological polar surface area (TPSA) is 55.2 Å². The fourth-order valence-electron chi connectivity index (χ4n) is 2.06. The summed E-state index contributed by atoms with van der Waals surface area (Å²) in [6.07, 6.45) is 0. The Morgan fingerprint density at radius 3 is 2.33 bits per heavy atom. The lowest BCUT2D eigenvalue weighted by molar-refractivity contribution is -0.385. The number of nitro benzene ring substituents is 1. The normalized spacial score (nSPS) is 12.0. The fraction of sp³-hybridized carbons (Fsp3) is 0.200. The minimum Gasteiger partial charge on any atom is -0.378 e. The van der Waals surface area contributed by atoms with Crippen LogP contribution in [0.3, 0.4) is 0 Å². The molecule has 0 radical (unpaired) electrons. The molecule has 0 fully saturated rings.